The molecule has 0 atom stereocenters. The van der Waals surface area contributed by atoms with E-state index in [2.05, 4.69) is 20.5 Å². The highest BCUT2D eigenvalue weighted by atomic mass is 32.2. The number of hydrogen-bond acceptors (Lipinski definition) is 8. The molecule has 0 bridgehead atoms. The minimum Gasteiger partial charge on any atom is -0.305 e. The van der Waals surface area contributed by atoms with Gasteiger partial charge in [0.1, 0.15) is 0 Å². The second-order valence-electron chi connectivity index (χ2n) is 7.36. The van der Waals surface area contributed by atoms with Crippen LogP contribution < -0.4 is 5.32 Å². The number of nitro benzene ring substituents is 1. The van der Waals surface area contributed by atoms with Crippen molar-refractivity contribution in [3.05, 3.63) is 69.1 Å². The molecule has 0 spiro atoms. The minimum absolute atomic E-state index is 0.0381. The average molecular weight is 481 g/mol. The van der Waals surface area contributed by atoms with Gasteiger partial charge in [-0.3, -0.25) is 14.9 Å². The summed E-state index contributed by atoms with van der Waals surface area (Å²) in [5, 5.41) is 25.2. The fourth-order valence-electron chi connectivity index (χ4n) is 3.11. The lowest BCUT2D eigenvalue weighted by Crippen LogP contribution is -2.14. The zero-order valence-electron chi connectivity index (χ0n) is 18.1. The highest BCUT2D eigenvalue weighted by Gasteiger charge is 2.16. The number of thioether (sulfide) groups is 1. The van der Waals surface area contributed by atoms with Crippen molar-refractivity contribution >= 4 is 39.8 Å². The van der Waals surface area contributed by atoms with Crippen LogP contribution in [0, 0.1) is 24.0 Å². The smallest absolute Gasteiger partial charge is 0.272 e. The molecule has 0 saturated heterocycles. The average Bonchev–Trinajstić information content (AvgIpc) is 3.40. The number of amides is 1. The van der Waals surface area contributed by atoms with Crippen molar-refractivity contribution in [3.63, 3.8) is 0 Å². The Balaban J connectivity index is 1.39. The molecule has 2 aromatic carbocycles. The van der Waals surface area contributed by atoms with E-state index in [1.807, 2.05) is 42.8 Å². The summed E-state index contributed by atoms with van der Waals surface area (Å²) in [6.07, 6.45) is 0. The molecule has 168 valence electrons. The zero-order chi connectivity index (χ0) is 23.5. The molecular weight excluding hydrogens is 460 g/mol. The number of anilines is 1. The van der Waals surface area contributed by atoms with Gasteiger partial charge in [-0.1, -0.05) is 53.7 Å². The van der Waals surface area contributed by atoms with Gasteiger partial charge in [0.15, 0.2) is 16.1 Å². The predicted molar refractivity (Wildman–Crippen MR) is 129 cm³/mol. The van der Waals surface area contributed by atoms with E-state index in [0.29, 0.717) is 27.1 Å². The van der Waals surface area contributed by atoms with Crippen LogP contribution >= 0.6 is 23.1 Å². The van der Waals surface area contributed by atoms with E-state index in [1.54, 1.807) is 24.4 Å². The van der Waals surface area contributed by atoms with Crippen molar-refractivity contribution in [2.75, 3.05) is 11.1 Å². The Morgan fingerprint density at radius 3 is 2.61 bits per heavy atom. The van der Waals surface area contributed by atoms with E-state index < -0.39 is 4.92 Å². The molecule has 33 heavy (non-hydrogen) atoms. The topological polar surface area (TPSA) is 116 Å². The minimum atomic E-state index is -0.415. The summed E-state index contributed by atoms with van der Waals surface area (Å²) >= 11 is 2.55. The summed E-state index contributed by atoms with van der Waals surface area (Å²) in [5.41, 5.74) is 3.94. The quantitative estimate of drug-likeness (QED) is 0.228. The first-order valence-electron chi connectivity index (χ1n) is 9.92. The molecule has 1 amide bonds. The van der Waals surface area contributed by atoms with E-state index in [9.17, 15) is 14.9 Å². The number of nitrogens with zero attached hydrogens (tertiary/aromatic N) is 5. The second-order valence-corrected chi connectivity index (χ2v) is 9.16. The van der Waals surface area contributed by atoms with Crippen LogP contribution in [-0.2, 0) is 11.8 Å². The second kappa shape index (κ2) is 9.51. The fourth-order valence-corrected chi connectivity index (χ4v) is 4.56. The number of carbonyl (C=O) groups is 1. The Hall–Kier alpha value is -3.57. The Bertz CT molecular complexity index is 1330. The van der Waals surface area contributed by atoms with Crippen LogP contribution in [0.4, 0.5) is 10.8 Å². The number of hydrogen-bond donors (Lipinski definition) is 1. The first-order chi connectivity index (χ1) is 15.8. The maximum atomic E-state index is 12.4. The molecule has 11 heteroatoms. The highest BCUT2D eigenvalue weighted by Crippen LogP contribution is 2.30. The lowest BCUT2D eigenvalue weighted by Gasteiger charge is -2.04. The van der Waals surface area contributed by atoms with Gasteiger partial charge in [0.25, 0.3) is 5.69 Å². The summed E-state index contributed by atoms with van der Waals surface area (Å²) in [6.45, 7) is 3.71. The normalized spacial score (nSPS) is 10.9. The first kappa shape index (κ1) is 22.6. The van der Waals surface area contributed by atoms with Crippen LogP contribution in [0.25, 0.3) is 22.6 Å². The SMILES string of the molecule is Cc1ccc(-c2nnc(SCC(=O)Nc3nc(-c4ccc(C)c([N+](=O)[O-])c4)cs3)n2C)cc1. The van der Waals surface area contributed by atoms with Crippen molar-refractivity contribution in [1.82, 2.24) is 19.7 Å². The summed E-state index contributed by atoms with van der Waals surface area (Å²) in [5.74, 6) is 0.649. The number of aromatic nitrogens is 4. The van der Waals surface area contributed by atoms with Crippen LogP contribution in [-0.4, -0.2) is 36.3 Å². The third-order valence-corrected chi connectivity index (χ3v) is 6.71. The lowest BCUT2D eigenvalue weighted by atomic mass is 10.1. The van der Waals surface area contributed by atoms with E-state index in [1.165, 1.54) is 29.2 Å². The standard InChI is InChI=1S/C22H20N6O3S2/c1-13-4-7-15(8-5-13)20-25-26-22(27(20)3)33-12-19(29)24-21-23-17(11-32-21)16-9-6-14(2)18(10-16)28(30)31/h4-11H,12H2,1-3H3,(H,23,24,29). The molecule has 0 aliphatic heterocycles. The van der Waals surface area contributed by atoms with Gasteiger partial charge >= 0.3 is 0 Å². The number of nitrogens with one attached hydrogen (secondary N) is 1. The molecule has 0 unspecified atom stereocenters. The molecule has 0 radical (unpaired) electrons. The fraction of sp³-hybridized carbons (Fsp3) is 0.182. The van der Waals surface area contributed by atoms with E-state index in [4.69, 9.17) is 0 Å². The van der Waals surface area contributed by atoms with E-state index >= 15 is 0 Å². The Morgan fingerprint density at radius 1 is 1.15 bits per heavy atom. The first-order valence-corrected chi connectivity index (χ1v) is 11.8. The number of aryl methyl sites for hydroxylation is 2. The van der Waals surface area contributed by atoms with Gasteiger partial charge in [-0.15, -0.1) is 21.5 Å². The summed E-state index contributed by atoms with van der Waals surface area (Å²) in [7, 11) is 1.86. The molecule has 9 nitrogen and oxygen atoms in total. The van der Waals surface area contributed by atoms with Crippen LogP contribution in [0.3, 0.4) is 0 Å². The van der Waals surface area contributed by atoms with Crippen LogP contribution in [0.2, 0.25) is 0 Å². The van der Waals surface area contributed by atoms with Crippen molar-refractivity contribution in [3.8, 4) is 22.6 Å². The molecule has 1 N–H and O–H groups in total. The largest absolute Gasteiger partial charge is 0.305 e. The van der Waals surface area contributed by atoms with E-state index in [0.717, 1.165) is 17.0 Å². The van der Waals surface area contributed by atoms with Crippen LogP contribution in [0.1, 0.15) is 11.1 Å². The van der Waals surface area contributed by atoms with Gasteiger partial charge in [-0.25, -0.2) is 4.98 Å². The van der Waals surface area contributed by atoms with Gasteiger partial charge in [0.05, 0.1) is 16.4 Å². The summed E-state index contributed by atoms with van der Waals surface area (Å²) in [6, 6.07) is 13.0. The van der Waals surface area contributed by atoms with Gasteiger partial charge in [-0.05, 0) is 13.8 Å². The Kier molecular flexibility index (Phi) is 6.52. The van der Waals surface area contributed by atoms with Gasteiger partial charge < -0.3 is 9.88 Å². The third kappa shape index (κ3) is 5.10. The predicted octanol–water partition coefficient (Wildman–Crippen LogP) is 4.86. The molecule has 0 fully saturated rings. The van der Waals surface area contributed by atoms with Crippen molar-refractivity contribution in [2.45, 2.75) is 19.0 Å². The molecule has 0 aliphatic rings. The van der Waals surface area contributed by atoms with Gasteiger partial charge in [0.2, 0.25) is 5.91 Å². The summed E-state index contributed by atoms with van der Waals surface area (Å²) < 4.78 is 1.86. The molecule has 4 rings (SSSR count). The van der Waals surface area contributed by atoms with Crippen molar-refractivity contribution in [1.29, 1.82) is 0 Å². The number of rotatable bonds is 7. The van der Waals surface area contributed by atoms with Gasteiger partial charge in [0, 0.05) is 35.2 Å². The summed E-state index contributed by atoms with van der Waals surface area (Å²) in [4.78, 5) is 27.6. The van der Waals surface area contributed by atoms with Crippen LogP contribution in [0.15, 0.2) is 53.0 Å². The van der Waals surface area contributed by atoms with Crippen molar-refractivity contribution < 1.29 is 9.72 Å². The molecule has 0 aliphatic carbocycles. The highest BCUT2D eigenvalue weighted by molar-refractivity contribution is 7.99. The molecule has 0 saturated carbocycles. The maximum Gasteiger partial charge on any atom is 0.272 e. The third-order valence-electron chi connectivity index (χ3n) is 4.93. The van der Waals surface area contributed by atoms with Crippen LogP contribution in [0.5, 0.6) is 0 Å². The maximum absolute atomic E-state index is 12.4. The van der Waals surface area contributed by atoms with Crippen molar-refractivity contribution in [2.24, 2.45) is 7.05 Å². The zero-order valence-corrected chi connectivity index (χ0v) is 19.7. The monoisotopic (exact) mass is 480 g/mol. The number of benzene rings is 2. The molecular formula is C22H20N6O3S2. The number of nitro groups is 1. The molecule has 2 heterocycles. The molecule has 2 aromatic heterocycles. The Labute approximate surface area is 198 Å². The Morgan fingerprint density at radius 2 is 1.88 bits per heavy atom. The van der Waals surface area contributed by atoms with E-state index in [-0.39, 0.29) is 17.3 Å². The number of thiazole rings is 1. The lowest BCUT2D eigenvalue weighted by molar-refractivity contribution is -0.385. The van der Waals surface area contributed by atoms with Gasteiger partial charge in [-0.2, -0.15) is 0 Å². The molecule has 4 aromatic rings. The number of carbonyl (C=O) groups excluding carboxylic acids is 1.